The molecule has 0 aliphatic carbocycles. The molecule has 0 bridgehead atoms. The molecule has 1 aromatic carbocycles. The second kappa shape index (κ2) is 4.73. The van der Waals surface area contributed by atoms with Gasteiger partial charge < -0.3 is 11.1 Å². The Hall–Kier alpha value is -0.930. The van der Waals surface area contributed by atoms with E-state index in [0.717, 1.165) is 0 Å². The van der Waals surface area contributed by atoms with Crippen LogP contribution in [0.15, 0.2) is 12.1 Å². The minimum absolute atomic E-state index is 0.130. The van der Waals surface area contributed by atoms with Crippen molar-refractivity contribution in [3.63, 3.8) is 0 Å². The van der Waals surface area contributed by atoms with E-state index in [1.54, 1.807) is 26.0 Å². The first-order valence-corrected chi connectivity index (χ1v) is 5.22. The van der Waals surface area contributed by atoms with E-state index in [4.69, 9.17) is 28.9 Å². The summed E-state index contributed by atoms with van der Waals surface area (Å²) in [6.07, 6.45) is 0. The number of amides is 1. The number of nitrogen functional groups attached to an aromatic ring is 1. The average Bonchev–Trinajstić information content (AvgIpc) is 2.10. The fraction of sp³-hybridized carbons (Fsp3) is 0.300. The second-order valence-corrected chi connectivity index (χ2v) is 4.32. The predicted octanol–water partition coefficient (Wildman–Crippen LogP) is 3.17. The van der Waals surface area contributed by atoms with Crippen LogP contribution in [-0.4, -0.2) is 5.91 Å². The molecule has 0 fully saturated rings. The molecule has 3 nitrogen and oxygen atoms in total. The number of carbonyl (C=O) groups is 1. The Balaban J connectivity index is 3.00. The van der Waals surface area contributed by atoms with Crippen LogP contribution < -0.4 is 11.1 Å². The molecule has 0 aliphatic heterocycles. The molecule has 0 aromatic heterocycles. The fourth-order valence-electron chi connectivity index (χ4n) is 0.980. The molecule has 5 heteroatoms. The number of halogens is 2. The summed E-state index contributed by atoms with van der Waals surface area (Å²) in [5.41, 5.74) is 6.41. The van der Waals surface area contributed by atoms with Crippen molar-refractivity contribution in [3.8, 4) is 0 Å². The molecule has 0 unspecified atom stereocenters. The largest absolute Gasteiger partial charge is 0.399 e. The van der Waals surface area contributed by atoms with Crippen molar-refractivity contribution in [2.24, 2.45) is 5.92 Å². The van der Waals surface area contributed by atoms with E-state index >= 15 is 0 Å². The van der Waals surface area contributed by atoms with Crippen LogP contribution in [0.25, 0.3) is 0 Å². The van der Waals surface area contributed by atoms with Crippen molar-refractivity contribution in [3.05, 3.63) is 22.2 Å². The summed E-state index contributed by atoms with van der Waals surface area (Å²) in [4.78, 5) is 11.4. The lowest BCUT2D eigenvalue weighted by Gasteiger charge is -2.11. The maximum atomic E-state index is 11.4. The molecule has 1 rings (SSSR count). The number of nitrogens with one attached hydrogen (secondary N) is 1. The Kier molecular flexibility index (Phi) is 3.83. The molecule has 0 radical (unpaired) electrons. The molecule has 0 spiro atoms. The Morgan fingerprint density at radius 3 is 2.20 bits per heavy atom. The normalized spacial score (nSPS) is 10.5. The Morgan fingerprint density at radius 1 is 1.33 bits per heavy atom. The van der Waals surface area contributed by atoms with Crippen molar-refractivity contribution in [2.45, 2.75) is 13.8 Å². The Bertz CT molecular complexity index is 368. The molecule has 0 saturated heterocycles. The van der Waals surface area contributed by atoms with Gasteiger partial charge in [-0.25, -0.2) is 0 Å². The summed E-state index contributed by atoms with van der Waals surface area (Å²) >= 11 is 11.8. The van der Waals surface area contributed by atoms with Gasteiger partial charge in [0.1, 0.15) is 0 Å². The second-order valence-electron chi connectivity index (χ2n) is 3.50. The van der Waals surface area contributed by atoms with Crippen molar-refractivity contribution in [2.75, 3.05) is 11.1 Å². The highest BCUT2D eigenvalue weighted by atomic mass is 35.5. The lowest BCUT2D eigenvalue weighted by molar-refractivity contribution is -0.118. The maximum Gasteiger partial charge on any atom is 0.227 e. The zero-order chi connectivity index (χ0) is 11.6. The first-order valence-electron chi connectivity index (χ1n) is 4.47. The van der Waals surface area contributed by atoms with Gasteiger partial charge in [-0.2, -0.15) is 0 Å². The van der Waals surface area contributed by atoms with E-state index in [1.165, 1.54) is 0 Å². The lowest BCUT2D eigenvalue weighted by Crippen LogP contribution is -2.18. The van der Waals surface area contributed by atoms with E-state index in [-0.39, 0.29) is 11.8 Å². The summed E-state index contributed by atoms with van der Waals surface area (Å²) in [7, 11) is 0. The van der Waals surface area contributed by atoms with Gasteiger partial charge in [-0.05, 0) is 12.1 Å². The van der Waals surface area contributed by atoms with Crippen molar-refractivity contribution >= 4 is 40.5 Å². The quantitative estimate of drug-likeness (QED) is 0.788. The molecule has 3 N–H and O–H groups in total. The lowest BCUT2D eigenvalue weighted by atomic mass is 10.2. The van der Waals surface area contributed by atoms with Crippen molar-refractivity contribution in [1.29, 1.82) is 0 Å². The van der Waals surface area contributed by atoms with E-state index in [2.05, 4.69) is 5.32 Å². The van der Waals surface area contributed by atoms with Gasteiger partial charge in [-0.1, -0.05) is 37.0 Å². The van der Waals surface area contributed by atoms with Crippen molar-refractivity contribution in [1.82, 2.24) is 0 Å². The van der Waals surface area contributed by atoms with Crippen LogP contribution in [0.5, 0.6) is 0 Å². The Morgan fingerprint density at radius 2 is 1.80 bits per heavy atom. The van der Waals surface area contributed by atoms with Gasteiger partial charge in [0.05, 0.1) is 15.7 Å². The third-order valence-corrected chi connectivity index (χ3v) is 2.43. The molecule has 82 valence electrons. The maximum absolute atomic E-state index is 11.4. The molecule has 1 aromatic rings. The van der Waals surface area contributed by atoms with Crippen LogP contribution in [0.3, 0.4) is 0 Å². The number of carbonyl (C=O) groups excluding carboxylic acids is 1. The minimum Gasteiger partial charge on any atom is -0.399 e. The van der Waals surface area contributed by atoms with Gasteiger partial charge in [0.2, 0.25) is 5.91 Å². The van der Waals surface area contributed by atoms with Crippen LogP contribution in [0, 0.1) is 5.92 Å². The highest BCUT2D eigenvalue weighted by molar-refractivity contribution is 6.40. The molecular weight excluding hydrogens is 235 g/mol. The van der Waals surface area contributed by atoms with Gasteiger partial charge in [0, 0.05) is 11.6 Å². The van der Waals surface area contributed by atoms with Gasteiger partial charge in [-0.3, -0.25) is 4.79 Å². The summed E-state index contributed by atoms with van der Waals surface area (Å²) in [5.74, 6) is -0.266. The number of hydrogen-bond acceptors (Lipinski definition) is 2. The number of rotatable bonds is 2. The Labute approximate surface area is 98.5 Å². The van der Waals surface area contributed by atoms with E-state index < -0.39 is 0 Å². The minimum atomic E-state index is -0.136. The van der Waals surface area contributed by atoms with Crippen LogP contribution >= 0.6 is 23.2 Å². The zero-order valence-corrected chi connectivity index (χ0v) is 9.99. The SMILES string of the molecule is CC(C)C(=O)Nc1c(Cl)cc(N)cc1Cl. The summed E-state index contributed by atoms with van der Waals surface area (Å²) in [5, 5.41) is 3.33. The van der Waals surface area contributed by atoms with Crippen molar-refractivity contribution < 1.29 is 4.79 Å². The molecule has 0 saturated carbocycles. The summed E-state index contributed by atoms with van der Waals surface area (Å²) < 4.78 is 0. The fourth-order valence-corrected chi connectivity index (χ4v) is 1.58. The first-order chi connectivity index (χ1) is 6.91. The van der Waals surface area contributed by atoms with Gasteiger partial charge >= 0.3 is 0 Å². The highest BCUT2D eigenvalue weighted by Gasteiger charge is 2.12. The molecule has 1 amide bonds. The summed E-state index contributed by atoms with van der Waals surface area (Å²) in [6, 6.07) is 3.09. The number of benzene rings is 1. The third-order valence-electron chi connectivity index (χ3n) is 1.84. The zero-order valence-electron chi connectivity index (χ0n) is 8.47. The number of nitrogens with two attached hydrogens (primary N) is 1. The molecule has 0 heterocycles. The van der Waals surface area contributed by atoms with Crippen LogP contribution in [0.1, 0.15) is 13.8 Å². The van der Waals surface area contributed by atoms with Gasteiger partial charge in [0.15, 0.2) is 0 Å². The van der Waals surface area contributed by atoms with Crippen LogP contribution in [0.4, 0.5) is 11.4 Å². The molecular formula is C10H12Cl2N2O. The molecule has 0 atom stereocenters. The van der Waals surface area contributed by atoms with Crippen LogP contribution in [0.2, 0.25) is 10.0 Å². The highest BCUT2D eigenvalue weighted by Crippen LogP contribution is 2.32. The third kappa shape index (κ3) is 3.01. The van der Waals surface area contributed by atoms with E-state index in [0.29, 0.717) is 21.4 Å². The van der Waals surface area contributed by atoms with E-state index in [1.807, 2.05) is 0 Å². The number of hydrogen-bond donors (Lipinski definition) is 2. The molecule has 15 heavy (non-hydrogen) atoms. The average molecular weight is 247 g/mol. The van der Waals surface area contributed by atoms with E-state index in [9.17, 15) is 4.79 Å². The topological polar surface area (TPSA) is 55.1 Å². The monoisotopic (exact) mass is 246 g/mol. The van der Waals surface area contributed by atoms with Gasteiger partial charge in [0.25, 0.3) is 0 Å². The standard InChI is InChI=1S/C10H12Cl2N2O/c1-5(2)10(15)14-9-7(11)3-6(13)4-8(9)12/h3-5H,13H2,1-2H3,(H,14,15). The van der Waals surface area contributed by atoms with Crippen LogP contribution in [-0.2, 0) is 4.79 Å². The smallest absolute Gasteiger partial charge is 0.227 e. The number of anilines is 2. The summed E-state index contributed by atoms with van der Waals surface area (Å²) in [6.45, 7) is 3.57. The predicted molar refractivity (Wildman–Crippen MR) is 64.3 cm³/mol. The molecule has 0 aliphatic rings. The first kappa shape index (κ1) is 12.1. The van der Waals surface area contributed by atoms with Gasteiger partial charge in [-0.15, -0.1) is 0 Å².